The molecule has 1 N–H and O–H groups in total. The molecule has 3 rings (SSSR count). The number of aromatic nitrogens is 1. The van der Waals surface area contributed by atoms with E-state index in [1.165, 1.54) is 14.2 Å². The summed E-state index contributed by atoms with van der Waals surface area (Å²) >= 11 is 0. The molecule has 3 heterocycles. The summed E-state index contributed by atoms with van der Waals surface area (Å²) in [6, 6.07) is 3.41. The van der Waals surface area contributed by atoms with Crippen molar-refractivity contribution in [2.24, 2.45) is 0 Å². The Hall–Kier alpha value is -2.02. The monoisotopic (exact) mass is 364 g/mol. The first-order valence-corrected chi connectivity index (χ1v) is 9.00. The van der Waals surface area contributed by atoms with E-state index >= 15 is 0 Å². The van der Waals surface area contributed by atoms with Crippen LogP contribution in [0.4, 0.5) is 4.79 Å². The van der Waals surface area contributed by atoms with Crippen LogP contribution in [0.1, 0.15) is 52.0 Å². The van der Waals surface area contributed by atoms with Gasteiger partial charge in [0.15, 0.2) is 0 Å². The Morgan fingerprint density at radius 2 is 1.81 bits per heavy atom. The Bertz CT molecular complexity index is 671. The van der Waals surface area contributed by atoms with Gasteiger partial charge in [-0.1, -0.05) is 0 Å². The predicted molar refractivity (Wildman–Crippen MR) is 95.4 cm³/mol. The minimum atomic E-state index is -1.09. The largest absolute Gasteiger partial charge is 0.481 e. The van der Waals surface area contributed by atoms with Crippen LogP contribution in [0.5, 0.6) is 11.8 Å². The molecular formula is C19H28N2O5. The number of rotatable bonds is 3. The van der Waals surface area contributed by atoms with Gasteiger partial charge in [0.25, 0.3) is 0 Å². The van der Waals surface area contributed by atoms with E-state index in [0.717, 1.165) is 12.8 Å². The Morgan fingerprint density at radius 1 is 1.19 bits per heavy atom. The van der Waals surface area contributed by atoms with Crippen LogP contribution >= 0.6 is 0 Å². The van der Waals surface area contributed by atoms with E-state index in [1.54, 1.807) is 12.1 Å². The molecule has 2 fully saturated rings. The van der Waals surface area contributed by atoms with Gasteiger partial charge in [0.1, 0.15) is 5.60 Å². The van der Waals surface area contributed by atoms with Gasteiger partial charge in [-0.15, -0.1) is 0 Å². The first-order chi connectivity index (χ1) is 12.2. The standard InChI is InChI=1S/C19H28N2O5/c1-18(2,3)26-17(22)21-12-6-7-13(21)11-19(23,10-12)14-8-9-15(24-4)20-16(14)25-5/h8-9,12-13,23H,6-7,10-11H2,1-5H3. The maximum Gasteiger partial charge on any atom is 0.410 e. The van der Waals surface area contributed by atoms with Crippen LogP contribution in [-0.4, -0.2) is 53.0 Å². The fourth-order valence-electron chi connectivity index (χ4n) is 4.10. The third kappa shape index (κ3) is 3.45. The van der Waals surface area contributed by atoms with Crippen molar-refractivity contribution < 1.29 is 24.1 Å². The second-order valence-electron chi connectivity index (χ2n) is 8.12. The number of hydrogen-bond donors (Lipinski definition) is 1. The third-order valence-corrected chi connectivity index (χ3v) is 5.11. The number of hydrogen-bond acceptors (Lipinski definition) is 6. The van der Waals surface area contributed by atoms with Gasteiger partial charge in [-0.25, -0.2) is 4.79 Å². The number of pyridine rings is 1. The number of aliphatic hydroxyl groups is 1. The Labute approximate surface area is 154 Å². The molecule has 2 bridgehead atoms. The Balaban J connectivity index is 1.85. The number of nitrogens with zero attached hydrogens (tertiary/aromatic N) is 2. The number of carbonyl (C=O) groups is 1. The summed E-state index contributed by atoms with van der Waals surface area (Å²) in [5.41, 5.74) is -0.982. The quantitative estimate of drug-likeness (QED) is 0.888. The highest BCUT2D eigenvalue weighted by Crippen LogP contribution is 2.48. The SMILES string of the molecule is COc1ccc(C2(O)CC3CCC(C2)N3C(=O)OC(C)(C)C)c(OC)n1. The van der Waals surface area contributed by atoms with Crippen LogP contribution < -0.4 is 9.47 Å². The minimum absolute atomic E-state index is 0.0552. The van der Waals surface area contributed by atoms with Crippen molar-refractivity contribution in [2.75, 3.05) is 14.2 Å². The lowest BCUT2D eigenvalue weighted by atomic mass is 9.81. The van der Waals surface area contributed by atoms with Crippen LogP contribution in [0.3, 0.4) is 0 Å². The molecule has 0 spiro atoms. The summed E-state index contributed by atoms with van der Waals surface area (Å²) in [7, 11) is 3.06. The van der Waals surface area contributed by atoms with E-state index in [9.17, 15) is 9.90 Å². The van der Waals surface area contributed by atoms with Gasteiger partial charge in [-0.2, -0.15) is 4.98 Å². The van der Waals surface area contributed by atoms with Crippen molar-refractivity contribution >= 4 is 6.09 Å². The van der Waals surface area contributed by atoms with Crippen LogP contribution in [-0.2, 0) is 10.3 Å². The van der Waals surface area contributed by atoms with Crippen molar-refractivity contribution in [3.05, 3.63) is 17.7 Å². The van der Waals surface area contributed by atoms with E-state index in [4.69, 9.17) is 14.2 Å². The second-order valence-corrected chi connectivity index (χ2v) is 8.12. The normalized spacial score (nSPS) is 28.0. The first-order valence-electron chi connectivity index (χ1n) is 9.00. The van der Waals surface area contributed by atoms with E-state index < -0.39 is 11.2 Å². The van der Waals surface area contributed by atoms with Crippen molar-refractivity contribution in [2.45, 2.75) is 69.7 Å². The molecule has 0 radical (unpaired) electrons. The highest BCUT2D eigenvalue weighted by atomic mass is 16.6. The summed E-state index contributed by atoms with van der Waals surface area (Å²) in [6.45, 7) is 5.59. The summed E-state index contributed by atoms with van der Waals surface area (Å²) < 4.78 is 16.1. The zero-order chi connectivity index (χ0) is 19.1. The summed E-state index contributed by atoms with van der Waals surface area (Å²) in [4.78, 5) is 18.7. The highest BCUT2D eigenvalue weighted by molar-refractivity contribution is 5.70. The maximum atomic E-state index is 12.6. The number of amides is 1. The van der Waals surface area contributed by atoms with Gasteiger partial charge in [-0.05, 0) is 39.7 Å². The predicted octanol–water partition coefficient (Wildman–Crippen LogP) is 2.85. The van der Waals surface area contributed by atoms with Crippen LogP contribution in [0.15, 0.2) is 12.1 Å². The highest BCUT2D eigenvalue weighted by Gasteiger charge is 2.52. The third-order valence-electron chi connectivity index (χ3n) is 5.11. The number of carbonyl (C=O) groups excluding carboxylic acids is 1. The Kier molecular flexibility index (Phi) is 4.77. The molecule has 2 atom stereocenters. The molecule has 7 heteroatoms. The fourth-order valence-corrected chi connectivity index (χ4v) is 4.10. The number of ether oxygens (including phenoxy) is 3. The van der Waals surface area contributed by atoms with Gasteiger partial charge in [0, 0.05) is 36.6 Å². The lowest BCUT2D eigenvalue weighted by Gasteiger charge is -2.44. The molecule has 2 unspecified atom stereocenters. The molecule has 144 valence electrons. The zero-order valence-electron chi connectivity index (χ0n) is 16.1. The molecule has 1 aromatic heterocycles. The molecule has 0 aromatic carbocycles. The van der Waals surface area contributed by atoms with Gasteiger partial charge in [0.05, 0.1) is 19.8 Å². The molecule has 2 saturated heterocycles. The van der Waals surface area contributed by atoms with Crippen molar-refractivity contribution in [1.82, 2.24) is 9.88 Å². The maximum absolute atomic E-state index is 12.6. The van der Waals surface area contributed by atoms with E-state index in [-0.39, 0.29) is 18.2 Å². The van der Waals surface area contributed by atoms with Crippen molar-refractivity contribution in [3.63, 3.8) is 0 Å². The van der Waals surface area contributed by atoms with Gasteiger partial charge in [0.2, 0.25) is 11.8 Å². The molecular weight excluding hydrogens is 336 g/mol. The average molecular weight is 364 g/mol. The van der Waals surface area contributed by atoms with E-state index in [0.29, 0.717) is 30.2 Å². The number of fused-ring (bicyclic) bond motifs is 2. The second kappa shape index (κ2) is 6.61. The first kappa shape index (κ1) is 18.8. The lowest BCUT2D eigenvalue weighted by molar-refractivity contribution is -0.0636. The summed E-state index contributed by atoms with van der Waals surface area (Å²) in [5, 5.41) is 11.4. The van der Waals surface area contributed by atoms with Crippen molar-refractivity contribution in [3.8, 4) is 11.8 Å². The molecule has 7 nitrogen and oxygen atoms in total. The van der Waals surface area contributed by atoms with E-state index in [1.807, 2.05) is 25.7 Å². The summed E-state index contributed by atoms with van der Waals surface area (Å²) in [5.74, 6) is 0.792. The minimum Gasteiger partial charge on any atom is -0.481 e. The number of piperidine rings is 1. The molecule has 0 saturated carbocycles. The van der Waals surface area contributed by atoms with Crippen LogP contribution in [0.25, 0.3) is 0 Å². The number of methoxy groups -OCH3 is 2. The molecule has 0 aliphatic carbocycles. The van der Waals surface area contributed by atoms with Crippen LogP contribution in [0.2, 0.25) is 0 Å². The van der Waals surface area contributed by atoms with Gasteiger partial charge in [-0.3, -0.25) is 0 Å². The Morgan fingerprint density at radius 3 is 2.31 bits per heavy atom. The van der Waals surface area contributed by atoms with Crippen molar-refractivity contribution in [1.29, 1.82) is 0 Å². The molecule has 26 heavy (non-hydrogen) atoms. The summed E-state index contributed by atoms with van der Waals surface area (Å²) in [6.07, 6.45) is 2.29. The van der Waals surface area contributed by atoms with Gasteiger partial charge >= 0.3 is 6.09 Å². The molecule has 1 amide bonds. The van der Waals surface area contributed by atoms with Gasteiger partial charge < -0.3 is 24.2 Å². The average Bonchev–Trinajstić information content (AvgIpc) is 2.85. The zero-order valence-corrected chi connectivity index (χ0v) is 16.1. The topological polar surface area (TPSA) is 81.1 Å². The lowest BCUT2D eigenvalue weighted by Crippen LogP contribution is -2.53. The molecule has 2 aliphatic heterocycles. The van der Waals surface area contributed by atoms with E-state index in [2.05, 4.69) is 4.98 Å². The molecule has 1 aromatic rings. The molecule has 2 aliphatic rings. The fraction of sp³-hybridized carbons (Fsp3) is 0.684. The van der Waals surface area contributed by atoms with Crippen LogP contribution in [0, 0.1) is 0 Å². The smallest absolute Gasteiger partial charge is 0.410 e.